The molecule has 0 aliphatic carbocycles. The zero-order valence-corrected chi connectivity index (χ0v) is 11.0. The molecular formula is C16H18FNO. The van der Waals surface area contributed by atoms with Gasteiger partial charge in [0.1, 0.15) is 11.6 Å². The van der Waals surface area contributed by atoms with Crippen molar-refractivity contribution in [3.63, 3.8) is 0 Å². The fourth-order valence-electron chi connectivity index (χ4n) is 1.95. The van der Waals surface area contributed by atoms with Gasteiger partial charge in [0.15, 0.2) is 0 Å². The molecule has 100 valence electrons. The third-order valence-corrected chi connectivity index (χ3v) is 2.93. The number of ether oxygens (including phenoxy) is 1. The van der Waals surface area contributed by atoms with Gasteiger partial charge in [-0.3, -0.25) is 0 Å². The van der Waals surface area contributed by atoms with Crippen LogP contribution in [0.2, 0.25) is 0 Å². The molecule has 2 rings (SSSR count). The predicted molar refractivity (Wildman–Crippen MR) is 75.5 cm³/mol. The minimum absolute atomic E-state index is 0.251. The minimum atomic E-state index is -0.251. The van der Waals surface area contributed by atoms with Crippen LogP contribution in [-0.4, -0.2) is 6.61 Å². The van der Waals surface area contributed by atoms with Crippen LogP contribution in [0.5, 0.6) is 5.75 Å². The van der Waals surface area contributed by atoms with Crippen LogP contribution in [0, 0.1) is 5.82 Å². The first-order valence-electron chi connectivity index (χ1n) is 6.46. The number of hydrogen-bond acceptors (Lipinski definition) is 2. The van der Waals surface area contributed by atoms with E-state index in [4.69, 9.17) is 10.5 Å². The lowest BCUT2D eigenvalue weighted by atomic mass is 9.99. The average Bonchev–Trinajstić information content (AvgIpc) is 2.45. The molecule has 2 aromatic carbocycles. The van der Waals surface area contributed by atoms with E-state index >= 15 is 0 Å². The lowest BCUT2D eigenvalue weighted by Crippen LogP contribution is -1.99. The van der Waals surface area contributed by atoms with Gasteiger partial charge >= 0.3 is 0 Å². The molecule has 2 nitrogen and oxygen atoms in total. The fourth-order valence-corrected chi connectivity index (χ4v) is 1.95. The third kappa shape index (κ3) is 3.32. The van der Waals surface area contributed by atoms with Gasteiger partial charge in [0, 0.05) is 6.54 Å². The highest BCUT2D eigenvalue weighted by Gasteiger charge is 2.06. The van der Waals surface area contributed by atoms with E-state index in [9.17, 15) is 4.39 Å². The fraction of sp³-hybridized carbons (Fsp3) is 0.250. The molecule has 0 aliphatic rings. The summed E-state index contributed by atoms with van der Waals surface area (Å²) in [5, 5.41) is 0. The Morgan fingerprint density at radius 2 is 1.84 bits per heavy atom. The van der Waals surface area contributed by atoms with Crippen LogP contribution in [0.1, 0.15) is 18.9 Å². The van der Waals surface area contributed by atoms with Gasteiger partial charge < -0.3 is 10.5 Å². The molecule has 0 bridgehead atoms. The van der Waals surface area contributed by atoms with Gasteiger partial charge in [0.25, 0.3) is 0 Å². The summed E-state index contributed by atoms with van der Waals surface area (Å²) in [6.07, 6.45) is 0.975. The average molecular weight is 259 g/mol. The molecule has 0 saturated heterocycles. The zero-order valence-electron chi connectivity index (χ0n) is 11.0. The largest absolute Gasteiger partial charge is 0.494 e. The molecule has 0 amide bonds. The van der Waals surface area contributed by atoms with Crippen LogP contribution in [0.25, 0.3) is 11.1 Å². The van der Waals surface area contributed by atoms with E-state index in [-0.39, 0.29) is 5.82 Å². The molecule has 0 unspecified atom stereocenters. The van der Waals surface area contributed by atoms with E-state index in [1.807, 2.05) is 24.3 Å². The third-order valence-electron chi connectivity index (χ3n) is 2.93. The first-order chi connectivity index (χ1) is 9.24. The molecule has 0 heterocycles. The molecule has 19 heavy (non-hydrogen) atoms. The number of benzene rings is 2. The van der Waals surface area contributed by atoms with Gasteiger partial charge in [-0.05, 0) is 47.4 Å². The van der Waals surface area contributed by atoms with Crippen molar-refractivity contribution in [3.05, 3.63) is 53.8 Å². The van der Waals surface area contributed by atoms with Crippen molar-refractivity contribution in [2.45, 2.75) is 19.9 Å². The number of rotatable bonds is 5. The van der Waals surface area contributed by atoms with E-state index in [2.05, 4.69) is 6.92 Å². The summed E-state index contributed by atoms with van der Waals surface area (Å²) in [6.45, 7) is 3.16. The second kappa shape index (κ2) is 6.34. The Balaban J connectivity index is 2.29. The Hall–Kier alpha value is -1.87. The summed E-state index contributed by atoms with van der Waals surface area (Å²) in [6, 6.07) is 12.3. The molecule has 0 radical (unpaired) electrons. The van der Waals surface area contributed by atoms with Crippen molar-refractivity contribution in [3.8, 4) is 16.9 Å². The SMILES string of the molecule is CCCOc1ccc(-c2cc(F)ccc2CN)cc1. The Morgan fingerprint density at radius 3 is 2.47 bits per heavy atom. The maximum absolute atomic E-state index is 13.3. The Kier molecular flexibility index (Phi) is 4.53. The van der Waals surface area contributed by atoms with E-state index in [0.717, 1.165) is 28.9 Å². The molecule has 0 aromatic heterocycles. The summed E-state index contributed by atoms with van der Waals surface area (Å²) in [7, 11) is 0. The van der Waals surface area contributed by atoms with Crippen LogP contribution in [0.4, 0.5) is 4.39 Å². The van der Waals surface area contributed by atoms with Crippen LogP contribution in [0.15, 0.2) is 42.5 Å². The Bertz CT molecular complexity index is 537. The standard InChI is InChI=1S/C16H18FNO/c1-2-9-19-15-7-4-12(5-8-15)16-10-14(17)6-3-13(16)11-18/h3-8,10H,2,9,11,18H2,1H3. The van der Waals surface area contributed by atoms with Gasteiger partial charge in [-0.15, -0.1) is 0 Å². The summed E-state index contributed by atoms with van der Waals surface area (Å²) in [5.41, 5.74) is 8.41. The first kappa shape index (κ1) is 13.6. The van der Waals surface area contributed by atoms with Crippen LogP contribution in [0.3, 0.4) is 0 Å². The molecule has 3 heteroatoms. The maximum atomic E-state index is 13.3. The van der Waals surface area contributed by atoms with Gasteiger partial charge in [-0.1, -0.05) is 25.1 Å². The quantitative estimate of drug-likeness (QED) is 0.887. The molecule has 2 aromatic rings. The highest BCUT2D eigenvalue weighted by Crippen LogP contribution is 2.26. The summed E-state index contributed by atoms with van der Waals surface area (Å²) >= 11 is 0. The molecule has 0 fully saturated rings. The summed E-state index contributed by atoms with van der Waals surface area (Å²) in [5.74, 6) is 0.579. The highest BCUT2D eigenvalue weighted by atomic mass is 19.1. The number of halogens is 1. The predicted octanol–water partition coefficient (Wildman–Crippen LogP) is 3.74. The van der Waals surface area contributed by atoms with Crippen molar-refractivity contribution in [2.24, 2.45) is 5.73 Å². The van der Waals surface area contributed by atoms with Crippen molar-refractivity contribution >= 4 is 0 Å². The maximum Gasteiger partial charge on any atom is 0.123 e. The smallest absolute Gasteiger partial charge is 0.123 e. The van der Waals surface area contributed by atoms with Crippen LogP contribution >= 0.6 is 0 Å². The van der Waals surface area contributed by atoms with E-state index < -0.39 is 0 Å². The number of nitrogens with two attached hydrogens (primary N) is 1. The van der Waals surface area contributed by atoms with Gasteiger partial charge in [0.2, 0.25) is 0 Å². The zero-order chi connectivity index (χ0) is 13.7. The normalized spacial score (nSPS) is 10.5. The molecule has 0 atom stereocenters. The van der Waals surface area contributed by atoms with Crippen molar-refractivity contribution in [1.29, 1.82) is 0 Å². The highest BCUT2D eigenvalue weighted by molar-refractivity contribution is 5.68. The summed E-state index contributed by atoms with van der Waals surface area (Å²) < 4.78 is 18.9. The second-order valence-electron chi connectivity index (χ2n) is 4.38. The molecule has 0 saturated carbocycles. The Labute approximate surface area is 113 Å². The molecule has 0 spiro atoms. The summed E-state index contributed by atoms with van der Waals surface area (Å²) in [4.78, 5) is 0. The van der Waals surface area contributed by atoms with Gasteiger partial charge in [0.05, 0.1) is 6.61 Å². The topological polar surface area (TPSA) is 35.2 Å². The van der Waals surface area contributed by atoms with Crippen LogP contribution in [-0.2, 0) is 6.54 Å². The monoisotopic (exact) mass is 259 g/mol. The Morgan fingerprint density at radius 1 is 1.11 bits per heavy atom. The van der Waals surface area contributed by atoms with Gasteiger partial charge in [-0.25, -0.2) is 4.39 Å². The molecule has 0 aliphatic heterocycles. The van der Waals surface area contributed by atoms with Crippen molar-refractivity contribution in [2.75, 3.05) is 6.61 Å². The van der Waals surface area contributed by atoms with E-state index in [1.54, 1.807) is 6.07 Å². The van der Waals surface area contributed by atoms with E-state index in [0.29, 0.717) is 13.2 Å². The van der Waals surface area contributed by atoms with Crippen molar-refractivity contribution < 1.29 is 9.13 Å². The molecule has 2 N–H and O–H groups in total. The number of hydrogen-bond donors (Lipinski definition) is 1. The second-order valence-corrected chi connectivity index (χ2v) is 4.38. The minimum Gasteiger partial charge on any atom is -0.494 e. The van der Waals surface area contributed by atoms with Crippen LogP contribution < -0.4 is 10.5 Å². The van der Waals surface area contributed by atoms with Gasteiger partial charge in [-0.2, -0.15) is 0 Å². The first-order valence-corrected chi connectivity index (χ1v) is 6.46. The molecular weight excluding hydrogens is 241 g/mol. The lowest BCUT2D eigenvalue weighted by Gasteiger charge is -2.10. The van der Waals surface area contributed by atoms with E-state index in [1.165, 1.54) is 12.1 Å². The lowest BCUT2D eigenvalue weighted by molar-refractivity contribution is 0.317. The van der Waals surface area contributed by atoms with Crippen molar-refractivity contribution in [1.82, 2.24) is 0 Å².